The highest BCUT2D eigenvalue weighted by Crippen LogP contribution is 2.23. The Bertz CT molecular complexity index is 391. The predicted molar refractivity (Wildman–Crippen MR) is 56.2 cm³/mol. The summed E-state index contributed by atoms with van der Waals surface area (Å²) in [6, 6.07) is 6.65. The molecule has 0 unspecified atom stereocenters. The summed E-state index contributed by atoms with van der Waals surface area (Å²) in [6.45, 7) is 3.16. The quantitative estimate of drug-likeness (QED) is 0.746. The molecule has 15 heavy (non-hydrogen) atoms. The molecule has 0 aliphatic carbocycles. The number of halogens is 1. The number of piperazine rings is 1. The third-order valence-electron chi connectivity index (χ3n) is 2.54. The van der Waals surface area contributed by atoms with Gasteiger partial charge in [-0.15, -0.1) is 0 Å². The van der Waals surface area contributed by atoms with Gasteiger partial charge in [0.25, 0.3) is 0 Å². The number of anilines is 1. The third kappa shape index (κ3) is 1.92. The van der Waals surface area contributed by atoms with Crippen LogP contribution in [0.4, 0.5) is 10.1 Å². The largest absolute Gasteiger partial charge is 0.366 e. The van der Waals surface area contributed by atoms with Crippen LogP contribution in [0.3, 0.4) is 0 Å². The first-order valence-corrected chi connectivity index (χ1v) is 4.97. The Morgan fingerprint density at radius 2 is 2.07 bits per heavy atom. The lowest BCUT2D eigenvalue weighted by atomic mass is 10.1. The zero-order valence-electron chi connectivity index (χ0n) is 8.33. The number of nitriles is 1. The number of para-hydroxylation sites is 1. The summed E-state index contributed by atoms with van der Waals surface area (Å²) in [4.78, 5) is 1.92. The Balaban J connectivity index is 2.37. The molecule has 0 amide bonds. The van der Waals surface area contributed by atoms with Crippen molar-refractivity contribution in [2.45, 2.75) is 0 Å². The summed E-state index contributed by atoms with van der Waals surface area (Å²) in [7, 11) is 0. The van der Waals surface area contributed by atoms with Crippen LogP contribution in [0.1, 0.15) is 5.56 Å². The molecular formula is C11H12FN3. The molecule has 4 heteroatoms. The van der Waals surface area contributed by atoms with Crippen LogP contribution in [0.15, 0.2) is 18.2 Å². The summed E-state index contributed by atoms with van der Waals surface area (Å²) in [6.07, 6.45) is 0. The van der Waals surface area contributed by atoms with Gasteiger partial charge in [0, 0.05) is 26.2 Å². The van der Waals surface area contributed by atoms with Crippen LogP contribution in [0.5, 0.6) is 0 Å². The maximum Gasteiger partial charge on any atom is 0.147 e. The van der Waals surface area contributed by atoms with Crippen LogP contribution < -0.4 is 10.2 Å². The molecule has 3 nitrogen and oxygen atoms in total. The highest BCUT2D eigenvalue weighted by Gasteiger charge is 2.17. The lowest BCUT2D eigenvalue weighted by molar-refractivity contribution is 0.566. The van der Waals surface area contributed by atoms with Gasteiger partial charge in [0.2, 0.25) is 0 Å². The van der Waals surface area contributed by atoms with Crippen molar-refractivity contribution in [3.63, 3.8) is 0 Å². The summed E-state index contributed by atoms with van der Waals surface area (Å²) < 4.78 is 13.6. The number of nitrogens with zero attached hydrogens (tertiary/aromatic N) is 2. The number of hydrogen-bond acceptors (Lipinski definition) is 3. The summed E-state index contributed by atoms with van der Waals surface area (Å²) >= 11 is 0. The van der Waals surface area contributed by atoms with Crippen LogP contribution in [0.25, 0.3) is 0 Å². The molecule has 1 fully saturated rings. The van der Waals surface area contributed by atoms with Gasteiger partial charge in [0.15, 0.2) is 0 Å². The molecule has 0 radical (unpaired) electrons. The smallest absolute Gasteiger partial charge is 0.147 e. The fourth-order valence-electron chi connectivity index (χ4n) is 1.82. The van der Waals surface area contributed by atoms with Crippen LogP contribution in [0.2, 0.25) is 0 Å². The van der Waals surface area contributed by atoms with Crippen LogP contribution >= 0.6 is 0 Å². The van der Waals surface area contributed by atoms with E-state index >= 15 is 0 Å². The average molecular weight is 205 g/mol. The standard InChI is InChI=1S/C11H12FN3/c12-10-3-1-2-9(8-13)11(10)15-6-4-14-5-7-15/h1-3,14H,4-7H2. The van der Waals surface area contributed by atoms with Gasteiger partial charge in [-0.1, -0.05) is 6.07 Å². The molecule has 1 saturated heterocycles. The van der Waals surface area contributed by atoms with Crippen molar-refractivity contribution in [3.05, 3.63) is 29.6 Å². The zero-order valence-corrected chi connectivity index (χ0v) is 8.33. The van der Waals surface area contributed by atoms with E-state index in [1.807, 2.05) is 11.0 Å². The molecule has 78 valence electrons. The molecule has 1 N–H and O–H groups in total. The van der Waals surface area contributed by atoms with Crippen molar-refractivity contribution in [2.75, 3.05) is 31.1 Å². The molecule has 1 aromatic carbocycles. The van der Waals surface area contributed by atoms with Gasteiger partial charge in [0.1, 0.15) is 11.9 Å². The summed E-state index contributed by atoms with van der Waals surface area (Å²) in [5.74, 6) is -0.309. The Morgan fingerprint density at radius 1 is 1.33 bits per heavy atom. The normalized spacial score (nSPS) is 16.1. The van der Waals surface area contributed by atoms with Crippen LogP contribution in [0, 0.1) is 17.1 Å². The van der Waals surface area contributed by atoms with Gasteiger partial charge in [-0.05, 0) is 12.1 Å². The summed E-state index contributed by atoms with van der Waals surface area (Å²) in [5, 5.41) is 12.1. The average Bonchev–Trinajstić information content (AvgIpc) is 2.29. The fraction of sp³-hybridized carbons (Fsp3) is 0.364. The van der Waals surface area contributed by atoms with Gasteiger partial charge >= 0.3 is 0 Å². The Kier molecular flexibility index (Phi) is 2.84. The Labute approximate surface area is 88.1 Å². The van der Waals surface area contributed by atoms with E-state index in [4.69, 9.17) is 5.26 Å². The number of hydrogen-bond donors (Lipinski definition) is 1. The molecule has 0 aromatic heterocycles. The molecule has 1 aliphatic rings. The second-order valence-corrected chi connectivity index (χ2v) is 3.48. The highest BCUT2D eigenvalue weighted by atomic mass is 19.1. The van der Waals surface area contributed by atoms with Crippen molar-refractivity contribution in [3.8, 4) is 6.07 Å². The van der Waals surface area contributed by atoms with Crippen molar-refractivity contribution in [2.24, 2.45) is 0 Å². The molecule has 1 heterocycles. The van der Waals surface area contributed by atoms with E-state index < -0.39 is 0 Å². The maximum absolute atomic E-state index is 13.6. The van der Waals surface area contributed by atoms with Crippen molar-refractivity contribution >= 4 is 5.69 Å². The van der Waals surface area contributed by atoms with E-state index in [0.29, 0.717) is 11.3 Å². The van der Waals surface area contributed by atoms with E-state index in [9.17, 15) is 4.39 Å². The van der Waals surface area contributed by atoms with Gasteiger partial charge in [0.05, 0.1) is 11.3 Å². The highest BCUT2D eigenvalue weighted by molar-refractivity contribution is 5.60. The molecule has 1 aliphatic heterocycles. The lowest BCUT2D eigenvalue weighted by Crippen LogP contribution is -2.44. The first-order chi connectivity index (χ1) is 7.33. The fourth-order valence-corrected chi connectivity index (χ4v) is 1.82. The summed E-state index contributed by atoms with van der Waals surface area (Å²) in [5.41, 5.74) is 0.860. The number of rotatable bonds is 1. The maximum atomic E-state index is 13.6. The Hall–Kier alpha value is -1.60. The number of benzene rings is 1. The molecule has 1 aromatic rings. The van der Waals surface area contributed by atoms with Gasteiger partial charge in [-0.3, -0.25) is 0 Å². The van der Waals surface area contributed by atoms with Crippen molar-refractivity contribution < 1.29 is 4.39 Å². The second-order valence-electron chi connectivity index (χ2n) is 3.48. The van der Waals surface area contributed by atoms with Crippen LogP contribution in [-0.4, -0.2) is 26.2 Å². The molecular weight excluding hydrogens is 193 g/mol. The van der Waals surface area contributed by atoms with Crippen molar-refractivity contribution in [1.29, 1.82) is 5.26 Å². The van der Waals surface area contributed by atoms with E-state index in [0.717, 1.165) is 26.2 Å². The van der Waals surface area contributed by atoms with Crippen LogP contribution in [-0.2, 0) is 0 Å². The zero-order chi connectivity index (χ0) is 10.7. The first-order valence-electron chi connectivity index (χ1n) is 4.97. The van der Waals surface area contributed by atoms with Gasteiger partial charge in [-0.25, -0.2) is 4.39 Å². The van der Waals surface area contributed by atoms with E-state index in [2.05, 4.69) is 5.32 Å². The lowest BCUT2D eigenvalue weighted by Gasteiger charge is -2.30. The SMILES string of the molecule is N#Cc1cccc(F)c1N1CCNCC1. The van der Waals surface area contributed by atoms with E-state index in [1.165, 1.54) is 6.07 Å². The van der Waals surface area contributed by atoms with E-state index in [-0.39, 0.29) is 5.82 Å². The molecule has 0 atom stereocenters. The minimum Gasteiger partial charge on any atom is -0.366 e. The van der Waals surface area contributed by atoms with Gasteiger partial charge < -0.3 is 10.2 Å². The number of nitrogens with one attached hydrogen (secondary N) is 1. The predicted octanol–water partition coefficient (Wildman–Crippen LogP) is 1.11. The van der Waals surface area contributed by atoms with Crippen molar-refractivity contribution in [1.82, 2.24) is 5.32 Å². The monoisotopic (exact) mass is 205 g/mol. The Morgan fingerprint density at radius 3 is 2.73 bits per heavy atom. The molecule has 0 bridgehead atoms. The minimum atomic E-state index is -0.309. The van der Waals surface area contributed by atoms with Gasteiger partial charge in [-0.2, -0.15) is 5.26 Å². The second kappa shape index (κ2) is 4.28. The van der Waals surface area contributed by atoms with E-state index in [1.54, 1.807) is 12.1 Å². The molecule has 0 saturated carbocycles. The third-order valence-corrected chi connectivity index (χ3v) is 2.54. The topological polar surface area (TPSA) is 39.1 Å². The first kappa shape index (κ1) is 9.94. The molecule has 2 rings (SSSR count). The minimum absolute atomic E-state index is 0.309. The molecule has 0 spiro atoms.